The SMILES string of the molecule is COC1CCC(C2NCCOC23CN(C(=O)OC(C)(C)C)C3)CC1. The van der Waals surface area contributed by atoms with Crippen LogP contribution >= 0.6 is 0 Å². The van der Waals surface area contributed by atoms with Gasteiger partial charge in [-0.1, -0.05) is 0 Å². The first-order chi connectivity index (χ1) is 11.3. The van der Waals surface area contributed by atoms with Gasteiger partial charge in [0.15, 0.2) is 0 Å². The van der Waals surface area contributed by atoms with Crippen LogP contribution in [-0.2, 0) is 14.2 Å². The van der Waals surface area contributed by atoms with Gasteiger partial charge in [-0.2, -0.15) is 0 Å². The molecule has 1 atom stereocenters. The molecule has 1 unspecified atom stereocenters. The molecule has 3 rings (SSSR count). The van der Waals surface area contributed by atoms with Crippen molar-refractivity contribution in [1.82, 2.24) is 10.2 Å². The molecular weight excluding hydrogens is 308 g/mol. The van der Waals surface area contributed by atoms with Crippen LogP contribution in [0.25, 0.3) is 0 Å². The van der Waals surface area contributed by atoms with E-state index in [2.05, 4.69) is 5.32 Å². The van der Waals surface area contributed by atoms with E-state index in [1.54, 1.807) is 12.0 Å². The Bertz CT molecular complexity index is 448. The van der Waals surface area contributed by atoms with Crippen LogP contribution in [-0.4, -0.2) is 67.7 Å². The monoisotopic (exact) mass is 340 g/mol. The summed E-state index contributed by atoms with van der Waals surface area (Å²) in [4.78, 5) is 14.0. The van der Waals surface area contributed by atoms with E-state index < -0.39 is 5.60 Å². The lowest BCUT2D eigenvalue weighted by atomic mass is 9.72. The molecule has 0 aromatic heterocycles. The number of hydrogen-bond acceptors (Lipinski definition) is 5. The Morgan fingerprint density at radius 2 is 1.88 bits per heavy atom. The summed E-state index contributed by atoms with van der Waals surface area (Å²) in [5, 5.41) is 3.68. The Morgan fingerprint density at radius 1 is 1.21 bits per heavy atom. The number of morpholine rings is 1. The molecule has 138 valence electrons. The molecule has 0 aromatic rings. The molecule has 2 saturated heterocycles. The number of amides is 1. The largest absolute Gasteiger partial charge is 0.444 e. The molecule has 1 saturated carbocycles. The Morgan fingerprint density at radius 3 is 2.46 bits per heavy atom. The van der Waals surface area contributed by atoms with Crippen LogP contribution in [0.3, 0.4) is 0 Å². The van der Waals surface area contributed by atoms with Crippen molar-refractivity contribution >= 4 is 6.09 Å². The van der Waals surface area contributed by atoms with Crippen molar-refractivity contribution in [3.8, 4) is 0 Å². The maximum absolute atomic E-state index is 12.2. The minimum absolute atomic E-state index is 0.232. The van der Waals surface area contributed by atoms with E-state index >= 15 is 0 Å². The summed E-state index contributed by atoms with van der Waals surface area (Å²) in [5.41, 5.74) is -0.691. The third-order valence-electron chi connectivity index (χ3n) is 5.51. The van der Waals surface area contributed by atoms with Gasteiger partial charge in [0, 0.05) is 19.7 Å². The van der Waals surface area contributed by atoms with Crippen molar-refractivity contribution in [2.24, 2.45) is 5.92 Å². The zero-order valence-corrected chi connectivity index (χ0v) is 15.5. The van der Waals surface area contributed by atoms with Crippen molar-refractivity contribution in [1.29, 1.82) is 0 Å². The summed E-state index contributed by atoms with van der Waals surface area (Å²) in [5.74, 6) is 0.595. The smallest absolute Gasteiger partial charge is 0.410 e. The molecule has 24 heavy (non-hydrogen) atoms. The van der Waals surface area contributed by atoms with E-state index in [1.807, 2.05) is 20.8 Å². The average molecular weight is 340 g/mol. The molecule has 6 nitrogen and oxygen atoms in total. The lowest BCUT2D eigenvalue weighted by Gasteiger charge is -2.57. The van der Waals surface area contributed by atoms with E-state index in [0.717, 1.165) is 32.2 Å². The summed E-state index contributed by atoms with van der Waals surface area (Å²) >= 11 is 0. The van der Waals surface area contributed by atoms with Crippen LogP contribution in [0, 0.1) is 5.92 Å². The summed E-state index contributed by atoms with van der Waals surface area (Å²) < 4.78 is 17.2. The highest BCUT2D eigenvalue weighted by Gasteiger charge is 2.56. The van der Waals surface area contributed by atoms with Gasteiger partial charge in [0.1, 0.15) is 11.2 Å². The first-order valence-electron chi connectivity index (χ1n) is 9.21. The average Bonchev–Trinajstić information content (AvgIpc) is 2.51. The second kappa shape index (κ2) is 6.81. The molecule has 3 aliphatic rings. The number of nitrogens with zero attached hydrogens (tertiary/aromatic N) is 1. The molecule has 0 aromatic carbocycles. The Balaban J connectivity index is 1.59. The number of ether oxygens (including phenoxy) is 3. The summed E-state index contributed by atoms with van der Waals surface area (Å²) in [6.45, 7) is 8.56. The van der Waals surface area contributed by atoms with E-state index in [1.165, 1.54) is 0 Å². The second-order valence-corrected chi connectivity index (χ2v) is 8.45. The molecule has 0 bridgehead atoms. The maximum atomic E-state index is 12.2. The molecule has 6 heteroatoms. The molecule has 1 amide bonds. The fraction of sp³-hybridized carbons (Fsp3) is 0.944. The lowest BCUT2D eigenvalue weighted by Crippen LogP contribution is -2.76. The van der Waals surface area contributed by atoms with Crippen LogP contribution in [0.1, 0.15) is 46.5 Å². The van der Waals surface area contributed by atoms with Crippen molar-refractivity contribution in [3.63, 3.8) is 0 Å². The van der Waals surface area contributed by atoms with Crippen LogP contribution in [0.4, 0.5) is 4.79 Å². The van der Waals surface area contributed by atoms with Crippen molar-refractivity contribution in [3.05, 3.63) is 0 Å². The van der Waals surface area contributed by atoms with Crippen LogP contribution < -0.4 is 5.32 Å². The van der Waals surface area contributed by atoms with Gasteiger partial charge >= 0.3 is 6.09 Å². The van der Waals surface area contributed by atoms with Gasteiger partial charge in [-0.05, 0) is 52.4 Å². The topological polar surface area (TPSA) is 60.0 Å². The number of rotatable bonds is 2. The molecule has 0 radical (unpaired) electrons. The third kappa shape index (κ3) is 3.70. The zero-order chi connectivity index (χ0) is 17.4. The second-order valence-electron chi connectivity index (χ2n) is 8.45. The quantitative estimate of drug-likeness (QED) is 0.835. The van der Waals surface area contributed by atoms with Gasteiger partial charge in [-0.25, -0.2) is 4.79 Å². The number of methoxy groups -OCH3 is 1. The molecule has 2 aliphatic heterocycles. The van der Waals surface area contributed by atoms with Gasteiger partial charge in [0.2, 0.25) is 0 Å². The minimum Gasteiger partial charge on any atom is -0.444 e. The predicted octanol–water partition coefficient (Wildman–Crippen LogP) is 2.17. The van der Waals surface area contributed by atoms with E-state index in [4.69, 9.17) is 14.2 Å². The van der Waals surface area contributed by atoms with Gasteiger partial charge in [0.05, 0.1) is 25.8 Å². The summed E-state index contributed by atoms with van der Waals surface area (Å²) in [6.07, 6.45) is 4.73. The van der Waals surface area contributed by atoms with Crippen molar-refractivity contribution in [2.45, 2.75) is 69.8 Å². The van der Waals surface area contributed by atoms with Crippen LogP contribution in [0.2, 0.25) is 0 Å². The highest BCUT2D eigenvalue weighted by Crippen LogP contribution is 2.40. The van der Waals surface area contributed by atoms with Crippen molar-refractivity contribution in [2.75, 3.05) is 33.4 Å². The number of carbonyl (C=O) groups excluding carboxylic acids is 1. The molecule has 1 spiro atoms. The first kappa shape index (κ1) is 18.0. The molecular formula is C18H32N2O4. The molecule has 3 fully saturated rings. The Hall–Kier alpha value is -0.850. The maximum Gasteiger partial charge on any atom is 0.410 e. The van der Waals surface area contributed by atoms with Crippen LogP contribution in [0.15, 0.2) is 0 Å². The van der Waals surface area contributed by atoms with Gasteiger partial charge in [-0.3, -0.25) is 0 Å². The predicted molar refractivity (Wildman–Crippen MR) is 91.0 cm³/mol. The fourth-order valence-corrected chi connectivity index (χ4v) is 4.34. The summed E-state index contributed by atoms with van der Waals surface area (Å²) in [6, 6.07) is 0.322. The standard InChI is InChI=1S/C18H32N2O4/c1-17(2,3)24-16(21)20-11-18(12-20)15(19-9-10-23-18)13-5-7-14(22-4)8-6-13/h13-15,19H,5-12H2,1-4H3. The lowest BCUT2D eigenvalue weighted by molar-refractivity contribution is -0.186. The minimum atomic E-state index is -0.455. The van der Waals surface area contributed by atoms with E-state index in [0.29, 0.717) is 37.8 Å². The van der Waals surface area contributed by atoms with Gasteiger partial charge in [-0.15, -0.1) is 0 Å². The van der Waals surface area contributed by atoms with Gasteiger partial charge in [0.25, 0.3) is 0 Å². The highest BCUT2D eigenvalue weighted by atomic mass is 16.6. The molecule has 1 aliphatic carbocycles. The third-order valence-corrected chi connectivity index (χ3v) is 5.51. The van der Waals surface area contributed by atoms with E-state index in [-0.39, 0.29) is 11.7 Å². The first-order valence-corrected chi connectivity index (χ1v) is 9.21. The van der Waals surface area contributed by atoms with Crippen LogP contribution in [0.5, 0.6) is 0 Å². The zero-order valence-electron chi connectivity index (χ0n) is 15.5. The number of likely N-dealkylation sites (tertiary alicyclic amines) is 1. The van der Waals surface area contributed by atoms with E-state index in [9.17, 15) is 4.79 Å². The summed E-state index contributed by atoms with van der Waals surface area (Å²) in [7, 11) is 1.80. The Labute approximate surface area is 145 Å². The number of nitrogens with one attached hydrogen (secondary N) is 1. The molecule has 2 heterocycles. The normalized spacial score (nSPS) is 33.2. The Kier molecular flexibility index (Phi) is 5.09. The highest BCUT2D eigenvalue weighted by molar-refractivity contribution is 5.69. The molecule has 1 N–H and O–H groups in total. The van der Waals surface area contributed by atoms with Gasteiger partial charge < -0.3 is 24.4 Å². The fourth-order valence-electron chi connectivity index (χ4n) is 4.34. The number of hydrogen-bond donors (Lipinski definition) is 1. The number of carbonyl (C=O) groups is 1. The van der Waals surface area contributed by atoms with Crippen molar-refractivity contribution < 1.29 is 19.0 Å².